The standard InChI is InChI=1S/C17H21FO2/c1-13-4-2-6-17(10-13)20-12-15-7-8-16(18)11-14(15)5-3-9-19/h7-8,11,13,17,19H,2,4,6,9-10,12H2,1H3. The molecule has 2 nitrogen and oxygen atoms in total. The van der Waals surface area contributed by atoms with Gasteiger partial charge in [0.05, 0.1) is 12.7 Å². The molecule has 1 N–H and O–H groups in total. The lowest BCUT2D eigenvalue weighted by molar-refractivity contribution is 0.00457. The average molecular weight is 276 g/mol. The van der Waals surface area contributed by atoms with Crippen molar-refractivity contribution in [3.05, 3.63) is 35.1 Å². The van der Waals surface area contributed by atoms with Crippen LogP contribution in [0.1, 0.15) is 43.7 Å². The van der Waals surface area contributed by atoms with Gasteiger partial charge in [-0.1, -0.05) is 37.7 Å². The van der Waals surface area contributed by atoms with E-state index in [1.807, 2.05) is 0 Å². The second kappa shape index (κ2) is 7.42. The Morgan fingerprint density at radius 3 is 3.00 bits per heavy atom. The maximum absolute atomic E-state index is 13.2. The second-order valence-corrected chi connectivity index (χ2v) is 5.47. The largest absolute Gasteiger partial charge is 0.384 e. The topological polar surface area (TPSA) is 29.5 Å². The molecule has 1 fully saturated rings. The van der Waals surface area contributed by atoms with Gasteiger partial charge < -0.3 is 9.84 Å². The normalized spacial score (nSPS) is 22.1. The van der Waals surface area contributed by atoms with Gasteiger partial charge in [0.15, 0.2) is 0 Å². The predicted octanol–water partition coefficient (Wildman–Crippen LogP) is 3.26. The molecule has 108 valence electrons. The van der Waals surface area contributed by atoms with Gasteiger partial charge >= 0.3 is 0 Å². The first-order chi connectivity index (χ1) is 9.69. The van der Waals surface area contributed by atoms with E-state index in [2.05, 4.69) is 18.8 Å². The van der Waals surface area contributed by atoms with Crippen molar-refractivity contribution in [2.45, 2.75) is 45.3 Å². The SMILES string of the molecule is CC1CCCC(OCc2ccc(F)cc2C#CCO)C1. The van der Waals surface area contributed by atoms with E-state index in [0.29, 0.717) is 18.3 Å². The summed E-state index contributed by atoms with van der Waals surface area (Å²) >= 11 is 0. The van der Waals surface area contributed by atoms with E-state index in [4.69, 9.17) is 9.84 Å². The van der Waals surface area contributed by atoms with Gasteiger partial charge in [0.25, 0.3) is 0 Å². The van der Waals surface area contributed by atoms with Crippen molar-refractivity contribution in [3.63, 3.8) is 0 Å². The molecule has 1 aromatic carbocycles. The molecule has 20 heavy (non-hydrogen) atoms. The smallest absolute Gasteiger partial charge is 0.124 e. The molecule has 3 heteroatoms. The van der Waals surface area contributed by atoms with E-state index in [0.717, 1.165) is 24.3 Å². The third kappa shape index (κ3) is 4.33. The second-order valence-electron chi connectivity index (χ2n) is 5.47. The van der Waals surface area contributed by atoms with Crippen LogP contribution in [-0.2, 0) is 11.3 Å². The van der Waals surface area contributed by atoms with Crippen LogP contribution in [0.5, 0.6) is 0 Å². The van der Waals surface area contributed by atoms with Crippen LogP contribution in [0.2, 0.25) is 0 Å². The summed E-state index contributed by atoms with van der Waals surface area (Å²) < 4.78 is 19.2. The molecule has 0 heterocycles. The van der Waals surface area contributed by atoms with Crippen LogP contribution < -0.4 is 0 Å². The van der Waals surface area contributed by atoms with Gasteiger partial charge in [0, 0.05) is 5.56 Å². The minimum atomic E-state index is -0.317. The fraction of sp³-hybridized carbons (Fsp3) is 0.529. The number of benzene rings is 1. The first kappa shape index (κ1) is 15.0. The van der Waals surface area contributed by atoms with Gasteiger partial charge in [-0.25, -0.2) is 4.39 Å². The number of halogens is 1. The summed E-state index contributed by atoms with van der Waals surface area (Å²) in [5, 5.41) is 8.75. The van der Waals surface area contributed by atoms with Crippen molar-refractivity contribution in [2.24, 2.45) is 5.92 Å². The van der Waals surface area contributed by atoms with Gasteiger partial charge in [-0.05, 0) is 36.5 Å². The highest BCUT2D eigenvalue weighted by molar-refractivity contribution is 5.41. The summed E-state index contributed by atoms with van der Waals surface area (Å²) in [5.41, 5.74) is 1.48. The maximum Gasteiger partial charge on any atom is 0.124 e. The highest BCUT2D eigenvalue weighted by atomic mass is 19.1. The molecule has 1 aromatic rings. The summed E-state index contributed by atoms with van der Waals surface area (Å²) in [5.74, 6) is 5.74. The zero-order valence-corrected chi connectivity index (χ0v) is 11.9. The molecule has 0 saturated heterocycles. The number of rotatable bonds is 3. The predicted molar refractivity (Wildman–Crippen MR) is 76.6 cm³/mol. The lowest BCUT2D eigenvalue weighted by Gasteiger charge is -2.27. The zero-order chi connectivity index (χ0) is 14.4. The minimum absolute atomic E-state index is 0.225. The van der Waals surface area contributed by atoms with E-state index >= 15 is 0 Å². The lowest BCUT2D eigenvalue weighted by atomic mass is 9.89. The highest BCUT2D eigenvalue weighted by Gasteiger charge is 2.19. The van der Waals surface area contributed by atoms with Crippen LogP contribution in [0.15, 0.2) is 18.2 Å². The first-order valence-electron chi connectivity index (χ1n) is 7.19. The minimum Gasteiger partial charge on any atom is -0.384 e. The molecule has 1 aliphatic carbocycles. The van der Waals surface area contributed by atoms with E-state index < -0.39 is 0 Å². The van der Waals surface area contributed by atoms with E-state index in [-0.39, 0.29) is 12.4 Å². The molecular weight excluding hydrogens is 255 g/mol. The molecule has 0 aliphatic heterocycles. The van der Waals surface area contributed by atoms with Crippen molar-refractivity contribution in [3.8, 4) is 11.8 Å². The van der Waals surface area contributed by atoms with Crippen LogP contribution in [0.3, 0.4) is 0 Å². The Labute approximate surface area is 120 Å². The molecule has 0 bridgehead atoms. The Hall–Kier alpha value is -1.37. The van der Waals surface area contributed by atoms with Crippen LogP contribution in [-0.4, -0.2) is 17.8 Å². The van der Waals surface area contributed by atoms with E-state index in [1.54, 1.807) is 6.07 Å². The van der Waals surface area contributed by atoms with Gasteiger partial charge in [-0.3, -0.25) is 0 Å². The maximum atomic E-state index is 13.2. The van der Waals surface area contributed by atoms with Crippen molar-refractivity contribution < 1.29 is 14.2 Å². The monoisotopic (exact) mass is 276 g/mol. The van der Waals surface area contributed by atoms with Crippen LogP contribution in [0.25, 0.3) is 0 Å². The summed E-state index contributed by atoms with van der Waals surface area (Å²) in [6.07, 6.45) is 4.99. The molecule has 0 radical (unpaired) electrons. The highest BCUT2D eigenvalue weighted by Crippen LogP contribution is 2.26. The van der Waals surface area contributed by atoms with Gasteiger partial charge in [-0.2, -0.15) is 0 Å². The molecule has 1 saturated carbocycles. The van der Waals surface area contributed by atoms with Crippen LogP contribution >= 0.6 is 0 Å². The van der Waals surface area contributed by atoms with Crippen molar-refractivity contribution in [2.75, 3.05) is 6.61 Å². The van der Waals surface area contributed by atoms with Crippen molar-refractivity contribution in [1.29, 1.82) is 0 Å². The fourth-order valence-electron chi connectivity index (χ4n) is 2.66. The summed E-state index contributed by atoms with van der Waals surface area (Å²) in [7, 11) is 0. The van der Waals surface area contributed by atoms with E-state index in [9.17, 15) is 4.39 Å². The molecule has 2 atom stereocenters. The van der Waals surface area contributed by atoms with Gasteiger partial charge in [-0.15, -0.1) is 0 Å². The van der Waals surface area contributed by atoms with Crippen LogP contribution in [0.4, 0.5) is 4.39 Å². The average Bonchev–Trinajstić information content (AvgIpc) is 2.44. The molecular formula is C17H21FO2. The third-order valence-electron chi connectivity index (χ3n) is 3.74. The molecule has 1 aliphatic rings. The molecule has 2 rings (SSSR count). The van der Waals surface area contributed by atoms with Gasteiger partial charge in [0.2, 0.25) is 0 Å². The van der Waals surface area contributed by atoms with Crippen molar-refractivity contribution in [1.82, 2.24) is 0 Å². The number of hydrogen-bond acceptors (Lipinski definition) is 2. The fourth-order valence-corrected chi connectivity index (χ4v) is 2.66. The number of hydrogen-bond donors (Lipinski definition) is 1. The molecule has 0 aromatic heterocycles. The molecule has 2 unspecified atom stereocenters. The summed E-state index contributed by atoms with van der Waals surface area (Å²) in [6, 6.07) is 4.53. The quantitative estimate of drug-likeness (QED) is 0.859. The number of ether oxygens (including phenoxy) is 1. The summed E-state index contributed by atoms with van der Waals surface area (Å²) in [4.78, 5) is 0. The number of aliphatic hydroxyl groups excluding tert-OH is 1. The lowest BCUT2D eigenvalue weighted by Crippen LogP contribution is -2.21. The zero-order valence-electron chi connectivity index (χ0n) is 11.9. The molecule has 0 spiro atoms. The Kier molecular flexibility index (Phi) is 5.58. The van der Waals surface area contributed by atoms with Crippen LogP contribution in [0, 0.1) is 23.6 Å². The van der Waals surface area contributed by atoms with Gasteiger partial charge in [0.1, 0.15) is 12.4 Å². The molecule has 0 amide bonds. The van der Waals surface area contributed by atoms with E-state index in [1.165, 1.54) is 25.0 Å². The summed E-state index contributed by atoms with van der Waals surface area (Å²) in [6.45, 7) is 2.48. The Balaban J connectivity index is 2.01. The Morgan fingerprint density at radius 1 is 1.40 bits per heavy atom. The first-order valence-corrected chi connectivity index (χ1v) is 7.19. The Bertz CT molecular complexity index is 501. The third-order valence-corrected chi connectivity index (χ3v) is 3.74. The Morgan fingerprint density at radius 2 is 2.25 bits per heavy atom. The number of aliphatic hydroxyl groups is 1. The van der Waals surface area contributed by atoms with Crippen molar-refractivity contribution >= 4 is 0 Å².